The van der Waals surface area contributed by atoms with Gasteiger partial charge in [0.25, 0.3) is 0 Å². The summed E-state index contributed by atoms with van der Waals surface area (Å²) in [5.74, 6) is -0.853. The van der Waals surface area contributed by atoms with Gasteiger partial charge >= 0.3 is 16.5 Å². The van der Waals surface area contributed by atoms with Crippen molar-refractivity contribution in [2.45, 2.75) is 0 Å². The van der Waals surface area contributed by atoms with Crippen molar-refractivity contribution < 1.29 is 23.1 Å². The number of aromatic carboxylic acids is 1. The van der Waals surface area contributed by atoms with Gasteiger partial charge in [-0.2, -0.15) is 8.42 Å². The zero-order valence-electron chi connectivity index (χ0n) is 17.8. The lowest BCUT2D eigenvalue weighted by Crippen LogP contribution is -2.10. The molecule has 4 rings (SSSR count). The van der Waals surface area contributed by atoms with Crippen LogP contribution in [0.5, 0.6) is 11.5 Å². The van der Waals surface area contributed by atoms with E-state index in [0.717, 1.165) is 16.8 Å². The lowest BCUT2D eigenvalue weighted by Gasteiger charge is -2.10. The van der Waals surface area contributed by atoms with Crippen LogP contribution in [0.15, 0.2) is 83.2 Å². The fourth-order valence-electron chi connectivity index (χ4n) is 2.94. The standard InChI is InChI=1S/C18H13N3O5S.C6H4Cl2/c19-17(20)12-2-1-11-8-14(5-3-10(11)7-12)26-16-6-4-13(21-27(24)25)9-15(16)18(22)23;7-5-3-1-2-4-6(5)8/h1-9H,(H3,19,20)(H,22,23);1-4H. The van der Waals surface area contributed by atoms with Gasteiger partial charge in [0.2, 0.25) is 0 Å². The van der Waals surface area contributed by atoms with Crippen LogP contribution in [0.1, 0.15) is 15.9 Å². The summed E-state index contributed by atoms with van der Waals surface area (Å²) >= 11 is 11.2. The van der Waals surface area contributed by atoms with Crippen molar-refractivity contribution in [3.05, 3.63) is 100 Å². The summed E-state index contributed by atoms with van der Waals surface area (Å²) in [6.45, 7) is 0. The normalized spacial score (nSPS) is 10.1. The Bertz CT molecular complexity index is 1540. The number of rotatable bonds is 5. The number of halogens is 2. The Labute approximate surface area is 211 Å². The number of amidine groups is 1. The number of fused-ring (bicyclic) bond motifs is 1. The fraction of sp³-hybridized carbons (Fsp3) is 0. The largest absolute Gasteiger partial charge is 0.478 e. The van der Waals surface area contributed by atoms with Crippen LogP contribution in [-0.4, -0.2) is 25.3 Å². The third kappa shape index (κ3) is 7.03. The van der Waals surface area contributed by atoms with E-state index in [-0.39, 0.29) is 22.8 Å². The second-order valence-electron chi connectivity index (χ2n) is 6.95. The van der Waals surface area contributed by atoms with E-state index in [1.807, 2.05) is 12.1 Å². The molecule has 0 aliphatic heterocycles. The van der Waals surface area contributed by atoms with Gasteiger partial charge in [0.05, 0.1) is 15.7 Å². The van der Waals surface area contributed by atoms with Crippen molar-refractivity contribution in [1.29, 1.82) is 5.41 Å². The van der Waals surface area contributed by atoms with Gasteiger partial charge in [0, 0.05) is 5.56 Å². The Kier molecular flexibility index (Phi) is 8.43. The molecule has 11 heteroatoms. The number of hydrogen-bond acceptors (Lipinski definition) is 6. The molecule has 4 aromatic rings. The molecule has 4 N–H and O–H groups in total. The monoisotopic (exact) mass is 529 g/mol. The van der Waals surface area contributed by atoms with E-state index in [2.05, 4.69) is 4.36 Å². The minimum atomic E-state index is -2.69. The van der Waals surface area contributed by atoms with Crippen molar-refractivity contribution in [1.82, 2.24) is 0 Å². The second kappa shape index (κ2) is 11.5. The molecule has 0 fully saturated rings. The Morgan fingerprint density at radius 1 is 0.914 bits per heavy atom. The molecular weight excluding hydrogens is 513 g/mol. The zero-order valence-corrected chi connectivity index (χ0v) is 20.1. The first-order chi connectivity index (χ1) is 16.6. The summed E-state index contributed by atoms with van der Waals surface area (Å²) in [6.07, 6.45) is 0. The van der Waals surface area contributed by atoms with Crippen LogP contribution < -0.4 is 10.5 Å². The van der Waals surface area contributed by atoms with E-state index < -0.39 is 16.5 Å². The first-order valence-corrected chi connectivity index (χ1v) is 11.6. The van der Waals surface area contributed by atoms with E-state index in [4.69, 9.17) is 39.1 Å². The molecule has 0 unspecified atom stereocenters. The number of nitrogens with one attached hydrogen (secondary N) is 1. The molecule has 0 aromatic heterocycles. The summed E-state index contributed by atoms with van der Waals surface area (Å²) in [4.78, 5) is 11.5. The number of carbonyl (C=O) groups is 1. The molecule has 0 spiro atoms. The van der Waals surface area contributed by atoms with E-state index in [1.165, 1.54) is 12.1 Å². The van der Waals surface area contributed by atoms with Crippen LogP contribution >= 0.6 is 23.2 Å². The number of hydrogen-bond donors (Lipinski definition) is 3. The quantitative estimate of drug-likeness (QED) is 0.204. The van der Waals surface area contributed by atoms with Crippen LogP contribution in [0.4, 0.5) is 5.69 Å². The third-order valence-electron chi connectivity index (χ3n) is 4.55. The molecule has 35 heavy (non-hydrogen) atoms. The van der Waals surface area contributed by atoms with Gasteiger partial charge in [-0.1, -0.05) is 53.5 Å². The van der Waals surface area contributed by atoms with Crippen molar-refractivity contribution >= 4 is 62.0 Å². The van der Waals surface area contributed by atoms with Crippen LogP contribution in [0, 0.1) is 5.41 Å². The number of benzene rings is 4. The summed E-state index contributed by atoms with van der Waals surface area (Å²) in [6, 6.07) is 21.4. The van der Waals surface area contributed by atoms with Gasteiger partial charge in [-0.05, 0) is 59.3 Å². The fourth-order valence-corrected chi connectivity index (χ4v) is 3.50. The minimum absolute atomic E-state index is 0.0108. The predicted molar refractivity (Wildman–Crippen MR) is 136 cm³/mol. The summed E-state index contributed by atoms with van der Waals surface area (Å²) in [7, 11) is -2.69. The van der Waals surface area contributed by atoms with Crippen LogP contribution in [0.3, 0.4) is 0 Å². The number of ether oxygens (including phenoxy) is 1. The van der Waals surface area contributed by atoms with Crippen LogP contribution in [0.25, 0.3) is 10.8 Å². The molecule has 0 saturated heterocycles. The molecule has 0 saturated carbocycles. The molecule has 178 valence electrons. The van der Waals surface area contributed by atoms with Crippen molar-refractivity contribution in [3.8, 4) is 11.5 Å². The first-order valence-electron chi connectivity index (χ1n) is 9.78. The maximum atomic E-state index is 11.5. The molecule has 0 atom stereocenters. The molecule has 0 heterocycles. The molecular formula is C24H17Cl2N3O5S. The maximum absolute atomic E-state index is 11.5. The van der Waals surface area contributed by atoms with Gasteiger partial charge in [0.1, 0.15) is 22.9 Å². The Morgan fingerprint density at radius 3 is 2.11 bits per heavy atom. The van der Waals surface area contributed by atoms with E-state index >= 15 is 0 Å². The Morgan fingerprint density at radius 2 is 1.54 bits per heavy atom. The number of nitrogens with zero attached hydrogens (tertiary/aromatic N) is 1. The van der Waals surface area contributed by atoms with Crippen molar-refractivity contribution in [2.24, 2.45) is 10.1 Å². The van der Waals surface area contributed by atoms with Gasteiger partial charge < -0.3 is 15.6 Å². The van der Waals surface area contributed by atoms with Crippen LogP contribution in [0.2, 0.25) is 10.0 Å². The first kappa shape index (κ1) is 25.7. The van der Waals surface area contributed by atoms with Gasteiger partial charge in [0.15, 0.2) is 0 Å². The van der Waals surface area contributed by atoms with Crippen LogP contribution in [-0.2, 0) is 10.5 Å². The summed E-state index contributed by atoms with van der Waals surface area (Å²) in [5, 5.41) is 19.7. The van der Waals surface area contributed by atoms with Gasteiger partial charge in [-0.25, -0.2) is 4.79 Å². The van der Waals surface area contributed by atoms with Crippen molar-refractivity contribution in [3.63, 3.8) is 0 Å². The zero-order chi connectivity index (χ0) is 25.5. The second-order valence-corrected chi connectivity index (χ2v) is 8.38. The molecule has 0 aliphatic rings. The average molecular weight is 530 g/mol. The molecule has 0 radical (unpaired) electrons. The lowest BCUT2D eigenvalue weighted by atomic mass is 10.1. The minimum Gasteiger partial charge on any atom is -0.478 e. The number of nitrogens with two attached hydrogens (primary N) is 1. The topological polar surface area (TPSA) is 143 Å². The highest BCUT2D eigenvalue weighted by Gasteiger charge is 2.14. The van der Waals surface area contributed by atoms with Gasteiger partial charge in [-0.15, -0.1) is 4.36 Å². The van der Waals surface area contributed by atoms with Gasteiger partial charge in [-0.3, -0.25) is 5.41 Å². The predicted octanol–water partition coefficient (Wildman–Crippen LogP) is 6.30. The molecule has 8 nitrogen and oxygen atoms in total. The molecule has 0 aliphatic carbocycles. The smallest absolute Gasteiger partial charge is 0.339 e. The SMILES string of the molecule is Clc1ccccc1Cl.N=C(N)c1ccc2cc(Oc3ccc(N=S(=O)=O)cc3C(=O)O)ccc2c1. The highest BCUT2D eigenvalue weighted by Crippen LogP contribution is 2.31. The lowest BCUT2D eigenvalue weighted by molar-refractivity contribution is 0.0694. The molecule has 4 aromatic carbocycles. The van der Waals surface area contributed by atoms with Crippen molar-refractivity contribution in [2.75, 3.05) is 0 Å². The molecule has 0 amide bonds. The third-order valence-corrected chi connectivity index (χ3v) is 5.66. The highest BCUT2D eigenvalue weighted by atomic mass is 35.5. The van der Waals surface area contributed by atoms with E-state index in [9.17, 15) is 18.3 Å². The van der Waals surface area contributed by atoms with E-state index in [1.54, 1.807) is 48.5 Å². The van der Waals surface area contributed by atoms with E-state index in [0.29, 0.717) is 21.4 Å². The number of carboxylic acids is 1. The maximum Gasteiger partial charge on any atom is 0.339 e. The molecule has 0 bridgehead atoms. The average Bonchev–Trinajstić information content (AvgIpc) is 2.81. The summed E-state index contributed by atoms with van der Waals surface area (Å²) in [5.41, 5.74) is 5.85. The summed E-state index contributed by atoms with van der Waals surface area (Å²) < 4.78 is 30.3. The Balaban J connectivity index is 0.000000363. The number of carboxylic acid groups (broad SMARTS) is 1. The highest BCUT2D eigenvalue weighted by molar-refractivity contribution is 7.61. The Hall–Kier alpha value is -3.92. The number of nitrogen functional groups attached to an aromatic ring is 1.